The fourth-order valence-corrected chi connectivity index (χ4v) is 2.56. The first-order valence-corrected chi connectivity index (χ1v) is 9.22. The van der Waals surface area contributed by atoms with Gasteiger partial charge >= 0.3 is 11.9 Å². The predicted molar refractivity (Wildman–Crippen MR) is 102 cm³/mol. The summed E-state index contributed by atoms with van der Waals surface area (Å²) in [4.78, 5) is 53.6. The molecule has 162 valence electrons. The third kappa shape index (κ3) is 9.17. The van der Waals surface area contributed by atoms with Crippen molar-refractivity contribution in [2.24, 2.45) is 11.5 Å². The summed E-state index contributed by atoms with van der Waals surface area (Å²) < 4.78 is 0. The van der Waals surface area contributed by atoms with Crippen LogP contribution >= 0.6 is 0 Å². The van der Waals surface area contributed by atoms with Gasteiger partial charge in [-0.1, -0.05) is 0 Å². The first kappa shape index (κ1) is 24.0. The van der Waals surface area contributed by atoms with Gasteiger partial charge in [0.2, 0.25) is 11.8 Å². The van der Waals surface area contributed by atoms with Crippen molar-refractivity contribution in [1.82, 2.24) is 20.6 Å². The number of carbonyl (C=O) groups excluding carboxylic acids is 2. The summed E-state index contributed by atoms with van der Waals surface area (Å²) in [5.41, 5.74) is 12.0. The zero-order valence-electron chi connectivity index (χ0n) is 16.0. The van der Waals surface area contributed by atoms with E-state index in [1.165, 1.54) is 12.5 Å². The number of hydrogen-bond donors (Lipinski definition) is 7. The van der Waals surface area contributed by atoms with Gasteiger partial charge in [0.25, 0.3) is 0 Å². The normalized spacial score (nSPS) is 13.9. The van der Waals surface area contributed by atoms with Crippen molar-refractivity contribution in [3.05, 3.63) is 18.2 Å². The van der Waals surface area contributed by atoms with Gasteiger partial charge in [-0.15, -0.1) is 0 Å². The van der Waals surface area contributed by atoms with Crippen LogP contribution in [0.5, 0.6) is 0 Å². The maximum atomic E-state index is 12.5. The molecule has 0 saturated heterocycles. The summed E-state index contributed by atoms with van der Waals surface area (Å²) in [5.74, 6) is -3.84. The van der Waals surface area contributed by atoms with E-state index in [0.29, 0.717) is 25.1 Å². The molecule has 3 unspecified atom stereocenters. The molecule has 1 rings (SSSR count). The fourth-order valence-electron chi connectivity index (χ4n) is 2.56. The van der Waals surface area contributed by atoms with Crippen LogP contribution in [0.3, 0.4) is 0 Å². The van der Waals surface area contributed by atoms with Gasteiger partial charge in [0, 0.05) is 24.7 Å². The van der Waals surface area contributed by atoms with Crippen LogP contribution in [0.1, 0.15) is 37.8 Å². The molecule has 12 nitrogen and oxygen atoms in total. The standard InChI is InChI=1S/C17H28N6O6/c18-6-2-1-3-12(16(27)23-13(17(28)29)4-5-14(24)25)22-15(26)11(19)7-10-8-20-9-21-10/h8-9,11-13H,1-7,18-19H2,(H,20,21)(H,22,26)(H,23,27)(H,24,25)(H,28,29). The van der Waals surface area contributed by atoms with E-state index in [0.717, 1.165) is 0 Å². The number of aliphatic carboxylic acids is 2. The fraction of sp³-hybridized carbons (Fsp3) is 0.588. The van der Waals surface area contributed by atoms with Crippen LogP contribution in [0.15, 0.2) is 12.5 Å². The number of amides is 2. The van der Waals surface area contributed by atoms with E-state index in [2.05, 4.69) is 20.6 Å². The summed E-state index contributed by atoms with van der Waals surface area (Å²) in [6.07, 6.45) is 3.83. The summed E-state index contributed by atoms with van der Waals surface area (Å²) in [5, 5.41) is 22.7. The highest BCUT2D eigenvalue weighted by molar-refractivity contribution is 5.91. The van der Waals surface area contributed by atoms with Crippen molar-refractivity contribution in [2.75, 3.05) is 6.54 Å². The molecule has 2 amide bonds. The van der Waals surface area contributed by atoms with Crippen molar-refractivity contribution in [1.29, 1.82) is 0 Å². The number of carboxylic acid groups (broad SMARTS) is 2. The van der Waals surface area contributed by atoms with Crippen molar-refractivity contribution >= 4 is 23.8 Å². The van der Waals surface area contributed by atoms with Crippen LogP contribution in [0.25, 0.3) is 0 Å². The molecule has 12 heteroatoms. The molecule has 0 aromatic carbocycles. The molecule has 1 aromatic heterocycles. The summed E-state index contributed by atoms with van der Waals surface area (Å²) in [6.45, 7) is 0.401. The Morgan fingerprint density at radius 2 is 1.76 bits per heavy atom. The minimum absolute atomic E-state index is 0.180. The second kappa shape index (κ2) is 12.5. The Morgan fingerprint density at radius 3 is 2.31 bits per heavy atom. The zero-order valence-corrected chi connectivity index (χ0v) is 16.0. The third-order valence-electron chi connectivity index (χ3n) is 4.17. The van der Waals surface area contributed by atoms with Gasteiger partial charge < -0.3 is 37.3 Å². The number of aromatic amines is 1. The summed E-state index contributed by atoms with van der Waals surface area (Å²) in [7, 11) is 0. The minimum Gasteiger partial charge on any atom is -0.481 e. The molecular formula is C17H28N6O6. The van der Waals surface area contributed by atoms with Gasteiger partial charge in [-0.2, -0.15) is 0 Å². The average Bonchev–Trinajstić information content (AvgIpc) is 3.16. The van der Waals surface area contributed by atoms with Gasteiger partial charge in [-0.05, 0) is 32.2 Å². The molecule has 3 atom stereocenters. The van der Waals surface area contributed by atoms with Gasteiger partial charge in [0.1, 0.15) is 12.1 Å². The maximum absolute atomic E-state index is 12.5. The lowest BCUT2D eigenvalue weighted by atomic mass is 10.1. The molecule has 0 aliphatic rings. The lowest BCUT2D eigenvalue weighted by Crippen LogP contribution is -2.54. The number of nitrogens with one attached hydrogen (secondary N) is 3. The number of carbonyl (C=O) groups is 4. The van der Waals surface area contributed by atoms with Gasteiger partial charge in [0.05, 0.1) is 12.4 Å². The Balaban J connectivity index is 2.75. The molecule has 9 N–H and O–H groups in total. The Labute approximate surface area is 167 Å². The molecular weight excluding hydrogens is 384 g/mol. The smallest absolute Gasteiger partial charge is 0.326 e. The first-order valence-electron chi connectivity index (χ1n) is 9.22. The molecule has 1 aromatic rings. The van der Waals surface area contributed by atoms with Crippen LogP contribution in [-0.4, -0.2) is 68.6 Å². The molecule has 0 bridgehead atoms. The number of nitrogens with two attached hydrogens (primary N) is 2. The van der Waals surface area contributed by atoms with Gasteiger partial charge in [-0.3, -0.25) is 14.4 Å². The van der Waals surface area contributed by atoms with Crippen molar-refractivity contribution in [2.45, 2.75) is 56.7 Å². The van der Waals surface area contributed by atoms with E-state index in [9.17, 15) is 24.3 Å². The molecule has 0 fully saturated rings. The third-order valence-corrected chi connectivity index (χ3v) is 4.17. The van der Waals surface area contributed by atoms with Crippen LogP contribution in [0.4, 0.5) is 0 Å². The van der Waals surface area contributed by atoms with Gasteiger partial charge in [0.15, 0.2) is 0 Å². The van der Waals surface area contributed by atoms with Gasteiger partial charge in [-0.25, -0.2) is 9.78 Å². The van der Waals surface area contributed by atoms with E-state index in [1.54, 1.807) is 0 Å². The molecule has 0 spiro atoms. The number of hydrogen-bond acceptors (Lipinski definition) is 7. The van der Waals surface area contributed by atoms with Crippen LogP contribution in [0.2, 0.25) is 0 Å². The number of nitrogens with zero attached hydrogens (tertiary/aromatic N) is 1. The first-order chi connectivity index (χ1) is 13.7. The lowest BCUT2D eigenvalue weighted by molar-refractivity contribution is -0.143. The Morgan fingerprint density at radius 1 is 1.07 bits per heavy atom. The Hall–Kier alpha value is -2.99. The van der Waals surface area contributed by atoms with E-state index in [4.69, 9.17) is 16.6 Å². The molecule has 0 aliphatic carbocycles. The molecule has 0 aliphatic heterocycles. The topological polar surface area (TPSA) is 214 Å². The van der Waals surface area contributed by atoms with Crippen molar-refractivity contribution in [3.63, 3.8) is 0 Å². The van der Waals surface area contributed by atoms with Crippen LogP contribution < -0.4 is 22.1 Å². The Kier molecular flexibility index (Phi) is 10.3. The highest BCUT2D eigenvalue weighted by Crippen LogP contribution is 2.05. The monoisotopic (exact) mass is 412 g/mol. The van der Waals surface area contributed by atoms with Crippen LogP contribution in [-0.2, 0) is 25.6 Å². The molecule has 29 heavy (non-hydrogen) atoms. The van der Waals surface area contributed by atoms with Crippen LogP contribution in [0, 0.1) is 0 Å². The number of imidazole rings is 1. The summed E-state index contributed by atoms with van der Waals surface area (Å²) >= 11 is 0. The SMILES string of the molecule is NCCCCC(NC(=O)C(N)Cc1cnc[nH]1)C(=O)NC(CCC(=O)O)C(=O)O. The number of carboxylic acids is 2. The Bertz CT molecular complexity index is 680. The minimum atomic E-state index is -1.38. The maximum Gasteiger partial charge on any atom is 0.326 e. The molecule has 0 radical (unpaired) electrons. The van der Waals surface area contributed by atoms with E-state index >= 15 is 0 Å². The number of unbranched alkanes of at least 4 members (excludes halogenated alkanes) is 1. The molecule has 1 heterocycles. The second-order valence-corrected chi connectivity index (χ2v) is 6.56. The highest BCUT2D eigenvalue weighted by Gasteiger charge is 2.28. The quantitative estimate of drug-likeness (QED) is 0.174. The lowest BCUT2D eigenvalue weighted by Gasteiger charge is -2.22. The molecule has 0 saturated carbocycles. The largest absolute Gasteiger partial charge is 0.481 e. The van der Waals surface area contributed by atoms with Crippen molar-refractivity contribution in [3.8, 4) is 0 Å². The second-order valence-electron chi connectivity index (χ2n) is 6.56. The van der Waals surface area contributed by atoms with Crippen molar-refractivity contribution < 1.29 is 29.4 Å². The highest BCUT2D eigenvalue weighted by atomic mass is 16.4. The average molecular weight is 412 g/mol. The number of rotatable bonds is 14. The number of aromatic nitrogens is 2. The zero-order chi connectivity index (χ0) is 21.8. The van der Waals surface area contributed by atoms with E-state index < -0.39 is 48.3 Å². The number of H-pyrrole nitrogens is 1. The summed E-state index contributed by atoms with van der Waals surface area (Å²) in [6, 6.07) is -3.35. The predicted octanol–water partition coefficient (Wildman–Crippen LogP) is -1.67. The van der Waals surface area contributed by atoms with E-state index in [-0.39, 0.29) is 19.3 Å². The van der Waals surface area contributed by atoms with E-state index in [1.807, 2.05) is 0 Å².